The van der Waals surface area contributed by atoms with Crippen molar-refractivity contribution in [1.82, 2.24) is 4.90 Å². The molecule has 0 aromatic heterocycles. The monoisotopic (exact) mass is 291 g/mol. The van der Waals surface area contributed by atoms with E-state index in [2.05, 4.69) is 0 Å². The van der Waals surface area contributed by atoms with Crippen molar-refractivity contribution in [2.24, 2.45) is 5.92 Å². The van der Waals surface area contributed by atoms with Gasteiger partial charge >= 0.3 is 0 Å². The van der Waals surface area contributed by atoms with Gasteiger partial charge in [0.15, 0.2) is 0 Å². The molecular weight excluding hydrogens is 269 g/mol. The van der Waals surface area contributed by atoms with Gasteiger partial charge in [-0.1, -0.05) is 0 Å². The molecule has 1 aliphatic heterocycles. The molecule has 1 aromatic carbocycles. The topological polar surface area (TPSA) is 29.5 Å². The number of nitrogens with zero attached hydrogens (tertiary/aromatic N) is 1. The standard InChI is InChI=1S/C17H22FNO2/c1-12(20)19-9-3-4-13(10-19)11-21-17-8-7-16(18)14-5-2-6-15(14)17/h7-8,13H,2-6,9-11H2,1H3. The van der Waals surface area contributed by atoms with E-state index in [9.17, 15) is 9.18 Å². The van der Waals surface area contributed by atoms with E-state index in [-0.39, 0.29) is 11.7 Å². The Morgan fingerprint density at radius 1 is 1.33 bits per heavy atom. The predicted molar refractivity (Wildman–Crippen MR) is 78.9 cm³/mol. The highest BCUT2D eigenvalue weighted by atomic mass is 19.1. The summed E-state index contributed by atoms with van der Waals surface area (Å²) < 4.78 is 19.7. The predicted octanol–water partition coefficient (Wildman–Crippen LogP) is 2.95. The van der Waals surface area contributed by atoms with Gasteiger partial charge in [0.2, 0.25) is 5.91 Å². The van der Waals surface area contributed by atoms with Crippen molar-refractivity contribution in [2.45, 2.75) is 39.0 Å². The van der Waals surface area contributed by atoms with Crippen molar-refractivity contribution in [3.63, 3.8) is 0 Å². The van der Waals surface area contributed by atoms with E-state index in [0.717, 1.165) is 62.1 Å². The summed E-state index contributed by atoms with van der Waals surface area (Å²) in [6, 6.07) is 3.27. The quantitative estimate of drug-likeness (QED) is 0.857. The van der Waals surface area contributed by atoms with E-state index in [1.165, 1.54) is 6.07 Å². The molecule has 0 N–H and O–H groups in total. The molecule has 114 valence electrons. The third-order valence-corrected chi connectivity index (χ3v) is 4.62. The normalized spacial score (nSPS) is 21.2. The van der Waals surface area contributed by atoms with Crippen molar-refractivity contribution >= 4 is 5.91 Å². The maximum atomic E-state index is 13.7. The molecule has 1 fully saturated rings. The van der Waals surface area contributed by atoms with Gasteiger partial charge in [-0.2, -0.15) is 0 Å². The van der Waals surface area contributed by atoms with Crippen molar-refractivity contribution in [3.05, 3.63) is 29.1 Å². The van der Waals surface area contributed by atoms with Gasteiger partial charge in [0.1, 0.15) is 11.6 Å². The van der Waals surface area contributed by atoms with E-state index >= 15 is 0 Å². The van der Waals surface area contributed by atoms with E-state index < -0.39 is 0 Å². The first-order valence-electron chi connectivity index (χ1n) is 7.83. The highest BCUT2D eigenvalue weighted by Gasteiger charge is 2.24. The molecule has 1 aliphatic carbocycles. The number of amides is 1. The van der Waals surface area contributed by atoms with Crippen LogP contribution in [0.5, 0.6) is 5.75 Å². The van der Waals surface area contributed by atoms with Gasteiger partial charge in [0.05, 0.1) is 6.61 Å². The fourth-order valence-corrected chi connectivity index (χ4v) is 3.46. The summed E-state index contributed by atoms with van der Waals surface area (Å²) in [5, 5.41) is 0. The zero-order valence-corrected chi connectivity index (χ0v) is 12.5. The Morgan fingerprint density at radius 3 is 2.95 bits per heavy atom. The summed E-state index contributed by atoms with van der Waals surface area (Å²) in [5.74, 6) is 1.26. The second kappa shape index (κ2) is 6.04. The second-order valence-electron chi connectivity index (χ2n) is 6.14. The molecule has 0 saturated carbocycles. The number of piperidine rings is 1. The molecule has 1 unspecified atom stereocenters. The summed E-state index contributed by atoms with van der Waals surface area (Å²) in [4.78, 5) is 13.3. The molecule has 1 amide bonds. The fraction of sp³-hybridized carbons (Fsp3) is 0.588. The van der Waals surface area contributed by atoms with Gasteiger partial charge in [0, 0.05) is 31.5 Å². The van der Waals surface area contributed by atoms with Crippen LogP contribution in [-0.4, -0.2) is 30.5 Å². The van der Waals surface area contributed by atoms with Crippen molar-refractivity contribution in [2.75, 3.05) is 19.7 Å². The van der Waals surface area contributed by atoms with Crippen LogP contribution in [0.2, 0.25) is 0 Å². The zero-order valence-electron chi connectivity index (χ0n) is 12.5. The van der Waals surface area contributed by atoms with Crippen molar-refractivity contribution in [3.8, 4) is 5.75 Å². The number of hydrogen-bond donors (Lipinski definition) is 0. The van der Waals surface area contributed by atoms with Crippen LogP contribution in [0.25, 0.3) is 0 Å². The van der Waals surface area contributed by atoms with Gasteiger partial charge in [0.25, 0.3) is 0 Å². The number of ether oxygens (including phenoxy) is 1. The van der Waals surface area contributed by atoms with E-state index in [1.807, 2.05) is 4.90 Å². The number of carbonyl (C=O) groups excluding carboxylic acids is 1. The second-order valence-corrected chi connectivity index (χ2v) is 6.14. The summed E-state index contributed by atoms with van der Waals surface area (Å²) in [5.41, 5.74) is 1.88. The number of halogens is 1. The first-order valence-corrected chi connectivity index (χ1v) is 7.83. The molecule has 3 nitrogen and oxygen atoms in total. The fourth-order valence-electron chi connectivity index (χ4n) is 3.46. The summed E-state index contributed by atoms with van der Waals surface area (Å²) in [7, 11) is 0. The van der Waals surface area contributed by atoms with Gasteiger partial charge in [-0.05, 0) is 49.8 Å². The van der Waals surface area contributed by atoms with Gasteiger partial charge < -0.3 is 9.64 Å². The van der Waals surface area contributed by atoms with E-state index in [1.54, 1.807) is 13.0 Å². The van der Waals surface area contributed by atoms with Crippen molar-refractivity contribution < 1.29 is 13.9 Å². The highest BCUT2D eigenvalue weighted by Crippen LogP contribution is 2.33. The van der Waals surface area contributed by atoms with Gasteiger partial charge in [-0.3, -0.25) is 4.79 Å². The minimum Gasteiger partial charge on any atom is -0.493 e. The molecule has 0 radical (unpaired) electrons. The van der Waals surface area contributed by atoms with Crippen LogP contribution < -0.4 is 4.74 Å². The Bertz CT molecular complexity index is 544. The minimum atomic E-state index is -0.102. The molecule has 1 atom stereocenters. The number of benzene rings is 1. The smallest absolute Gasteiger partial charge is 0.219 e. The Balaban J connectivity index is 1.63. The van der Waals surface area contributed by atoms with Crippen LogP contribution in [0, 0.1) is 11.7 Å². The average molecular weight is 291 g/mol. The molecule has 3 rings (SSSR count). The molecular formula is C17H22FNO2. The Kier molecular flexibility index (Phi) is 4.13. The van der Waals surface area contributed by atoms with Crippen LogP contribution in [0.1, 0.15) is 37.3 Å². The van der Waals surface area contributed by atoms with Crippen LogP contribution in [0.15, 0.2) is 12.1 Å². The molecule has 21 heavy (non-hydrogen) atoms. The summed E-state index contributed by atoms with van der Waals surface area (Å²) in [6.45, 7) is 3.87. The zero-order chi connectivity index (χ0) is 14.8. The first-order chi connectivity index (χ1) is 10.1. The maximum absolute atomic E-state index is 13.7. The SMILES string of the molecule is CC(=O)N1CCCC(COc2ccc(F)c3c2CCC3)C1. The molecule has 1 aromatic rings. The van der Waals surface area contributed by atoms with Crippen LogP contribution in [0.3, 0.4) is 0 Å². The first kappa shape index (κ1) is 14.4. The Morgan fingerprint density at radius 2 is 2.14 bits per heavy atom. The van der Waals surface area contributed by atoms with E-state index in [4.69, 9.17) is 4.74 Å². The number of rotatable bonds is 3. The van der Waals surface area contributed by atoms with Crippen LogP contribution in [0.4, 0.5) is 4.39 Å². The molecule has 2 aliphatic rings. The van der Waals surface area contributed by atoms with Crippen LogP contribution >= 0.6 is 0 Å². The van der Waals surface area contributed by atoms with Gasteiger partial charge in [-0.15, -0.1) is 0 Å². The largest absolute Gasteiger partial charge is 0.493 e. The lowest BCUT2D eigenvalue weighted by Crippen LogP contribution is -2.40. The maximum Gasteiger partial charge on any atom is 0.219 e. The number of hydrogen-bond acceptors (Lipinski definition) is 2. The molecule has 0 bridgehead atoms. The van der Waals surface area contributed by atoms with E-state index in [0.29, 0.717) is 12.5 Å². The lowest BCUT2D eigenvalue weighted by Gasteiger charge is -2.32. The number of fused-ring (bicyclic) bond motifs is 1. The average Bonchev–Trinajstić information content (AvgIpc) is 2.97. The van der Waals surface area contributed by atoms with Crippen molar-refractivity contribution in [1.29, 1.82) is 0 Å². The molecule has 1 saturated heterocycles. The highest BCUT2D eigenvalue weighted by molar-refractivity contribution is 5.73. The van der Waals surface area contributed by atoms with Gasteiger partial charge in [-0.25, -0.2) is 4.39 Å². The molecule has 0 spiro atoms. The lowest BCUT2D eigenvalue weighted by molar-refractivity contribution is -0.130. The van der Waals surface area contributed by atoms with Crippen LogP contribution in [-0.2, 0) is 17.6 Å². The number of likely N-dealkylation sites (tertiary alicyclic amines) is 1. The summed E-state index contributed by atoms with van der Waals surface area (Å²) in [6.07, 6.45) is 4.86. The third kappa shape index (κ3) is 3.04. The number of carbonyl (C=O) groups is 1. The Labute approximate surface area is 125 Å². The Hall–Kier alpha value is -1.58. The molecule has 1 heterocycles. The minimum absolute atomic E-state index is 0.102. The summed E-state index contributed by atoms with van der Waals surface area (Å²) >= 11 is 0. The molecule has 4 heteroatoms. The third-order valence-electron chi connectivity index (χ3n) is 4.62. The lowest BCUT2D eigenvalue weighted by atomic mass is 9.99.